The molecule has 2 amide bonds. The number of halogens is 1. The third kappa shape index (κ3) is 4.51. The Morgan fingerprint density at radius 3 is 2.13 bits per heavy atom. The van der Waals surface area contributed by atoms with E-state index < -0.39 is 0 Å². The zero-order chi connectivity index (χ0) is 16.8. The van der Waals surface area contributed by atoms with Crippen molar-refractivity contribution in [3.8, 4) is 0 Å². The molecule has 6 heteroatoms. The Labute approximate surface area is 136 Å². The zero-order valence-corrected chi connectivity index (χ0v) is 13.8. The van der Waals surface area contributed by atoms with Crippen molar-refractivity contribution < 1.29 is 14.0 Å². The Hall–Kier alpha value is -1.95. The average Bonchev–Trinajstić information content (AvgIpc) is 2.57. The number of hydrogen-bond donors (Lipinski definition) is 0. The van der Waals surface area contributed by atoms with Gasteiger partial charge in [0.2, 0.25) is 5.91 Å². The van der Waals surface area contributed by atoms with Crippen molar-refractivity contribution >= 4 is 11.8 Å². The van der Waals surface area contributed by atoms with Gasteiger partial charge in [-0.1, -0.05) is 0 Å². The Bertz CT molecular complexity index is 535. The molecule has 2 rings (SSSR count). The molecule has 0 N–H and O–H groups in total. The Balaban J connectivity index is 1.85. The number of carbonyl (C=O) groups is 2. The van der Waals surface area contributed by atoms with Gasteiger partial charge in [0.1, 0.15) is 5.82 Å². The van der Waals surface area contributed by atoms with E-state index in [1.807, 2.05) is 18.7 Å². The van der Waals surface area contributed by atoms with Crippen LogP contribution in [0.15, 0.2) is 24.3 Å². The molecule has 1 heterocycles. The molecule has 1 aromatic rings. The lowest BCUT2D eigenvalue weighted by atomic mass is 10.2. The van der Waals surface area contributed by atoms with E-state index in [2.05, 4.69) is 4.90 Å². The summed E-state index contributed by atoms with van der Waals surface area (Å²) in [5.41, 5.74) is 0.499. The summed E-state index contributed by atoms with van der Waals surface area (Å²) in [7, 11) is 0. The van der Waals surface area contributed by atoms with Crippen LogP contribution >= 0.6 is 0 Å². The molecule has 0 saturated carbocycles. The van der Waals surface area contributed by atoms with Crippen LogP contribution in [-0.4, -0.2) is 72.3 Å². The third-order valence-corrected chi connectivity index (χ3v) is 4.23. The fourth-order valence-electron chi connectivity index (χ4n) is 2.75. The van der Waals surface area contributed by atoms with E-state index in [9.17, 15) is 14.0 Å². The fourth-order valence-corrected chi connectivity index (χ4v) is 2.75. The van der Waals surface area contributed by atoms with E-state index in [-0.39, 0.29) is 17.6 Å². The molecule has 5 nitrogen and oxygen atoms in total. The van der Waals surface area contributed by atoms with Gasteiger partial charge in [0.15, 0.2) is 0 Å². The maximum Gasteiger partial charge on any atom is 0.253 e. The lowest BCUT2D eigenvalue weighted by Crippen LogP contribution is -2.51. The molecule has 1 aliphatic rings. The van der Waals surface area contributed by atoms with Crippen molar-refractivity contribution in [1.29, 1.82) is 0 Å². The molecule has 0 aromatic heterocycles. The highest BCUT2D eigenvalue weighted by atomic mass is 19.1. The van der Waals surface area contributed by atoms with E-state index in [1.165, 1.54) is 24.3 Å². The highest BCUT2D eigenvalue weighted by Crippen LogP contribution is 2.10. The molecular weight excluding hydrogens is 297 g/mol. The highest BCUT2D eigenvalue weighted by molar-refractivity contribution is 5.94. The average molecular weight is 321 g/mol. The van der Waals surface area contributed by atoms with Gasteiger partial charge < -0.3 is 9.80 Å². The smallest absolute Gasteiger partial charge is 0.253 e. The quantitative estimate of drug-likeness (QED) is 0.824. The van der Waals surface area contributed by atoms with Crippen molar-refractivity contribution in [2.24, 2.45) is 0 Å². The van der Waals surface area contributed by atoms with Crippen molar-refractivity contribution in [3.63, 3.8) is 0 Å². The van der Waals surface area contributed by atoms with Crippen molar-refractivity contribution in [3.05, 3.63) is 35.6 Å². The fraction of sp³-hybridized carbons (Fsp3) is 0.529. The van der Waals surface area contributed by atoms with Gasteiger partial charge in [0.25, 0.3) is 5.91 Å². The first kappa shape index (κ1) is 17.4. The molecular formula is C17H24FN3O2. The number of amides is 2. The topological polar surface area (TPSA) is 43.9 Å². The predicted molar refractivity (Wildman–Crippen MR) is 86.7 cm³/mol. The minimum Gasteiger partial charge on any atom is -0.342 e. The maximum atomic E-state index is 12.9. The Morgan fingerprint density at radius 1 is 1.04 bits per heavy atom. The van der Waals surface area contributed by atoms with Gasteiger partial charge in [0.05, 0.1) is 6.54 Å². The van der Waals surface area contributed by atoms with Gasteiger partial charge >= 0.3 is 0 Å². The van der Waals surface area contributed by atoms with Gasteiger partial charge in [-0.05, 0) is 38.1 Å². The molecule has 0 unspecified atom stereocenters. The van der Waals surface area contributed by atoms with Gasteiger partial charge in [-0.3, -0.25) is 14.5 Å². The van der Waals surface area contributed by atoms with E-state index in [4.69, 9.17) is 0 Å². The van der Waals surface area contributed by atoms with Crippen LogP contribution < -0.4 is 0 Å². The number of piperazine rings is 1. The number of carbonyl (C=O) groups excluding carboxylic acids is 2. The maximum absolute atomic E-state index is 12.9. The highest BCUT2D eigenvalue weighted by Gasteiger charge is 2.24. The summed E-state index contributed by atoms with van der Waals surface area (Å²) >= 11 is 0. The lowest BCUT2D eigenvalue weighted by molar-refractivity contribution is -0.132. The largest absolute Gasteiger partial charge is 0.342 e. The number of nitrogens with zero attached hydrogens (tertiary/aromatic N) is 3. The number of hydrogen-bond acceptors (Lipinski definition) is 3. The Kier molecular flexibility index (Phi) is 6.10. The van der Waals surface area contributed by atoms with Crippen LogP contribution in [0.25, 0.3) is 0 Å². The lowest BCUT2D eigenvalue weighted by Gasteiger charge is -2.35. The predicted octanol–water partition coefficient (Wildman–Crippen LogP) is 1.45. The molecule has 0 aliphatic carbocycles. The molecule has 0 radical (unpaired) electrons. The molecule has 126 valence electrons. The van der Waals surface area contributed by atoms with Crippen LogP contribution in [0, 0.1) is 5.82 Å². The molecule has 1 saturated heterocycles. The number of likely N-dealkylation sites (N-methyl/N-ethyl adjacent to an activating group) is 1. The van der Waals surface area contributed by atoms with Crippen molar-refractivity contribution in [2.75, 3.05) is 45.8 Å². The summed E-state index contributed by atoms with van der Waals surface area (Å²) < 4.78 is 12.9. The van der Waals surface area contributed by atoms with Gasteiger partial charge in [-0.15, -0.1) is 0 Å². The summed E-state index contributed by atoms with van der Waals surface area (Å²) in [6.45, 7) is 8.32. The monoisotopic (exact) mass is 321 g/mol. The summed E-state index contributed by atoms with van der Waals surface area (Å²) in [4.78, 5) is 30.1. The molecule has 1 aromatic carbocycles. The van der Waals surface area contributed by atoms with Crippen LogP contribution in [-0.2, 0) is 4.79 Å². The molecule has 0 bridgehead atoms. The second-order valence-electron chi connectivity index (χ2n) is 5.64. The molecule has 0 atom stereocenters. The SMILES string of the molecule is CCN(CC)C(=O)CN1CCN(C(=O)c2ccc(F)cc2)CC1. The minimum atomic E-state index is -0.346. The summed E-state index contributed by atoms with van der Waals surface area (Å²) in [5.74, 6) is -0.297. The van der Waals surface area contributed by atoms with Crippen molar-refractivity contribution in [2.45, 2.75) is 13.8 Å². The summed E-state index contributed by atoms with van der Waals surface area (Å²) in [6, 6.07) is 5.61. The first-order valence-corrected chi connectivity index (χ1v) is 8.10. The second-order valence-corrected chi connectivity index (χ2v) is 5.64. The van der Waals surface area contributed by atoms with E-state index in [0.29, 0.717) is 38.3 Å². The first-order valence-electron chi connectivity index (χ1n) is 8.10. The van der Waals surface area contributed by atoms with Crippen molar-refractivity contribution in [1.82, 2.24) is 14.7 Å². The van der Waals surface area contributed by atoms with Gasteiger partial charge in [0, 0.05) is 44.8 Å². The van der Waals surface area contributed by atoms with Crippen LogP contribution in [0.1, 0.15) is 24.2 Å². The molecule has 1 fully saturated rings. The molecule has 23 heavy (non-hydrogen) atoms. The standard InChI is InChI=1S/C17H24FN3O2/c1-3-20(4-2)16(22)13-19-9-11-21(12-10-19)17(23)14-5-7-15(18)8-6-14/h5-8H,3-4,9-13H2,1-2H3. The van der Waals surface area contributed by atoms with E-state index in [1.54, 1.807) is 4.90 Å². The van der Waals surface area contributed by atoms with Gasteiger partial charge in [-0.25, -0.2) is 4.39 Å². The third-order valence-electron chi connectivity index (χ3n) is 4.23. The van der Waals surface area contributed by atoms with Gasteiger partial charge in [-0.2, -0.15) is 0 Å². The summed E-state index contributed by atoms with van der Waals surface area (Å²) in [6.07, 6.45) is 0. The normalized spacial score (nSPS) is 15.5. The van der Waals surface area contributed by atoms with Crippen LogP contribution in [0.5, 0.6) is 0 Å². The van der Waals surface area contributed by atoms with Crippen LogP contribution in [0.2, 0.25) is 0 Å². The first-order chi connectivity index (χ1) is 11.0. The Morgan fingerprint density at radius 2 is 1.61 bits per heavy atom. The second kappa shape index (κ2) is 8.06. The number of rotatable bonds is 5. The molecule has 1 aliphatic heterocycles. The minimum absolute atomic E-state index is 0.0836. The van der Waals surface area contributed by atoms with Crippen LogP contribution in [0.3, 0.4) is 0 Å². The number of benzene rings is 1. The van der Waals surface area contributed by atoms with E-state index >= 15 is 0 Å². The summed E-state index contributed by atoms with van der Waals surface area (Å²) in [5, 5.41) is 0. The zero-order valence-electron chi connectivity index (χ0n) is 13.8. The van der Waals surface area contributed by atoms with Crippen LogP contribution in [0.4, 0.5) is 4.39 Å². The molecule has 0 spiro atoms. The van der Waals surface area contributed by atoms with E-state index in [0.717, 1.165) is 13.1 Å².